The van der Waals surface area contributed by atoms with E-state index in [-0.39, 0.29) is 16.5 Å². The van der Waals surface area contributed by atoms with Gasteiger partial charge in [-0.1, -0.05) is 29.3 Å². The second kappa shape index (κ2) is 5.77. The maximum Gasteiger partial charge on any atom is 0.349 e. The Hall–Kier alpha value is -2.65. The minimum Gasteiger partial charge on any atom is -0.448 e. The molecule has 106 valence electrons. The highest BCUT2D eigenvalue weighted by atomic mass is 35.5. The van der Waals surface area contributed by atoms with E-state index >= 15 is 0 Å². The summed E-state index contributed by atoms with van der Waals surface area (Å²) in [5, 5.41) is 19.9. The number of hydrogen-bond acceptors (Lipinski definition) is 5. The molecule has 0 spiro atoms. The van der Waals surface area contributed by atoms with Crippen LogP contribution in [0.4, 0.5) is 5.69 Å². The van der Waals surface area contributed by atoms with Gasteiger partial charge in [-0.25, -0.2) is 4.98 Å². The van der Waals surface area contributed by atoms with Crippen LogP contribution in [0.3, 0.4) is 0 Å². The van der Waals surface area contributed by atoms with Gasteiger partial charge in [-0.2, -0.15) is 5.26 Å². The predicted octanol–water partition coefficient (Wildman–Crippen LogP) is 3.92. The summed E-state index contributed by atoms with van der Waals surface area (Å²) in [5.41, 5.74) is 1.26. The first kappa shape index (κ1) is 14.8. The van der Waals surface area contributed by atoms with E-state index in [9.17, 15) is 10.1 Å². The molecule has 0 radical (unpaired) electrons. The second-order valence-corrected chi connectivity index (χ2v) is 4.74. The number of nitro groups is 1. The molecule has 0 saturated heterocycles. The van der Waals surface area contributed by atoms with Crippen molar-refractivity contribution in [1.82, 2.24) is 4.98 Å². The number of ether oxygens (including phenoxy) is 1. The Labute approximate surface area is 125 Å². The standard InChI is InChI=1S/C14H10ClN3O3/c1-8-3-4-11(9(2)5-8)21-13-10(6-16)7-17-14(15)12(13)18(19)20/h3-5,7H,1-2H3. The molecule has 0 aliphatic rings. The molecule has 2 rings (SSSR count). The van der Waals surface area contributed by atoms with Gasteiger partial charge in [0.05, 0.1) is 11.1 Å². The molecule has 0 aliphatic heterocycles. The van der Waals surface area contributed by atoms with Crippen molar-refractivity contribution in [1.29, 1.82) is 5.26 Å². The highest BCUT2D eigenvalue weighted by Gasteiger charge is 2.26. The molecule has 1 aromatic carbocycles. The van der Waals surface area contributed by atoms with Gasteiger partial charge >= 0.3 is 5.69 Å². The molecule has 0 saturated carbocycles. The average molecular weight is 304 g/mol. The first-order valence-electron chi connectivity index (χ1n) is 5.92. The number of halogens is 1. The summed E-state index contributed by atoms with van der Waals surface area (Å²) in [5.74, 6) is 0.219. The summed E-state index contributed by atoms with van der Waals surface area (Å²) in [6, 6.07) is 7.18. The number of aromatic nitrogens is 1. The molecule has 0 unspecified atom stereocenters. The zero-order valence-electron chi connectivity index (χ0n) is 11.3. The van der Waals surface area contributed by atoms with E-state index < -0.39 is 10.6 Å². The third kappa shape index (κ3) is 2.93. The molecule has 1 heterocycles. The van der Waals surface area contributed by atoms with Crippen LogP contribution in [0.2, 0.25) is 5.15 Å². The lowest BCUT2D eigenvalue weighted by Crippen LogP contribution is -1.99. The maximum absolute atomic E-state index is 11.1. The van der Waals surface area contributed by atoms with E-state index in [1.807, 2.05) is 32.0 Å². The fourth-order valence-electron chi connectivity index (χ4n) is 1.83. The van der Waals surface area contributed by atoms with Gasteiger partial charge in [-0.05, 0) is 25.5 Å². The van der Waals surface area contributed by atoms with E-state index in [2.05, 4.69) is 4.98 Å². The van der Waals surface area contributed by atoms with Crippen molar-refractivity contribution in [2.24, 2.45) is 0 Å². The summed E-state index contributed by atoms with van der Waals surface area (Å²) in [7, 11) is 0. The summed E-state index contributed by atoms with van der Waals surface area (Å²) >= 11 is 5.74. The minimum absolute atomic E-state index is 0.0499. The monoisotopic (exact) mass is 303 g/mol. The second-order valence-electron chi connectivity index (χ2n) is 4.38. The number of aryl methyl sites for hydroxylation is 2. The normalized spacial score (nSPS) is 10.0. The number of benzene rings is 1. The lowest BCUT2D eigenvalue weighted by atomic mass is 10.1. The Kier molecular flexibility index (Phi) is 4.05. The molecule has 2 aromatic rings. The van der Waals surface area contributed by atoms with Crippen molar-refractivity contribution in [2.45, 2.75) is 13.8 Å². The molecular weight excluding hydrogens is 294 g/mol. The zero-order valence-corrected chi connectivity index (χ0v) is 12.0. The van der Waals surface area contributed by atoms with E-state index in [0.29, 0.717) is 5.75 Å². The largest absolute Gasteiger partial charge is 0.448 e. The molecule has 1 aromatic heterocycles. The highest BCUT2D eigenvalue weighted by Crippen LogP contribution is 2.39. The average Bonchev–Trinajstić information content (AvgIpc) is 2.41. The fraction of sp³-hybridized carbons (Fsp3) is 0.143. The van der Waals surface area contributed by atoms with Crippen LogP contribution in [-0.4, -0.2) is 9.91 Å². The Morgan fingerprint density at radius 2 is 2.14 bits per heavy atom. The number of pyridine rings is 1. The van der Waals surface area contributed by atoms with Gasteiger partial charge in [0, 0.05) is 0 Å². The summed E-state index contributed by atoms with van der Waals surface area (Å²) < 4.78 is 5.57. The molecule has 0 N–H and O–H groups in total. The minimum atomic E-state index is -0.713. The van der Waals surface area contributed by atoms with Gasteiger partial charge in [0.1, 0.15) is 17.4 Å². The maximum atomic E-state index is 11.1. The molecule has 21 heavy (non-hydrogen) atoms. The van der Waals surface area contributed by atoms with Crippen molar-refractivity contribution in [3.8, 4) is 17.6 Å². The first-order valence-corrected chi connectivity index (χ1v) is 6.30. The van der Waals surface area contributed by atoms with E-state index in [1.54, 1.807) is 6.07 Å². The molecule has 0 bridgehead atoms. The van der Waals surface area contributed by atoms with Gasteiger partial charge in [0.25, 0.3) is 0 Å². The molecule has 0 aliphatic carbocycles. The lowest BCUT2D eigenvalue weighted by molar-refractivity contribution is -0.385. The SMILES string of the molecule is Cc1ccc(Oc2c(C#N)cnc(Cl)c2[N+](=O)[O-])c(C)c1. The number of nitriles is 1. The van der Waals surface area contributed by atoms with Crippen LogP contribution in [-0.2, 0) is 0 Å². The molecule has 6 nitrogen and oxygen atoms in total. The van der Waals surface area contributed by atoms with Gasteiger partial charge in [-0.3, -0.25) is 10.1 Å². The summed E-state index contributed by atoms with van der Waals surface area (Å²) in [4.78, 5) is 14.0. The van der Waals surface area contributed by atoms with Crippen LogP contribution >= 0.6 is 11.6 Å². The van der Waals surface area contributed by atoms with Crippen LogP contribution in [0.5, 0.6) is 11.5 Å². The van der Waals surface area contributed by atoms with E-state index in [1.165, 1.54) is 0 Å². The first-order chi connectivity index (χ1) is 9.93. The Balaban J connectivity index is 2.60. The predicted molar refractivity (Wildman–Crippen MR) is 76.6 cm³/mol. The van der Waals surface area contributed by atoms with Gasteiger partial charge in [0.2, 0.25) is 10.9 Å². The summed E-state index contributed by atoms with van der Waals surface area (Å²) in [6.07, 6.45) is 1.15. The Bertz CT molecular complexity index is 769. The molecule has 0 amide bonds. The topological polar surface area (TPSA) is 89.0 Å². The summed E-state index contributed by atoms with van der Waals surface area (Å²) in [6.45, 7) is 3.73. The zero-order chi connectivity index (χ0) is 15.6. The van der Waals surface area contributed by atoms with Gasteiger partial charge in [0.15, 0.2) is 0 Å². The molecule has 0 atom stereocenters. The van der Waals surface area contributed by atoms with Crippen LogP contribution in [0, 0.1) is 35.3 Å². The van der Waals surface area contributed by atoms with Gasteiger partial charge < -0.3 is 4.74 Å². The van der Waals surface area contributed by atoms with E-state index in [0.717, 1.165) is 17.3 Å². The van der Waals surface area contributed by atoms with Crippen molar-refractivity contribution in [3.63, 3.8) is 0 Å². The third-order valence-electron chi connectivity index (χ3n) is 2.81. The van der Waals surface area contributed by atoms with Crippen molar-refractivity contribution < 1.29 is 9.66 Å². The number of nitrogens with zero attached hydrogens (tertiary/aromatic N) is 3. The highest BCUT2D eigenvalue weighted by molar-refractivity contribution is 6.31. The number of rotatable bonds is 3. The van der Waals surface area contributed by atoms with E-state index in [4.69, 9.17) is 21.6 Å². The van der Waals surface area contributed by atoms with Crippen molar-refractivity contribution >= 4 is 17.3 Å². The van der Waals surface area contributed by atoms with Crippen LogP contribution in [0.25, 0.3) is 0 Å². The Morgan fingerprint density at radius 1 is 1.43 bits per heavy atom. The quantitative estimate of drug-likeness (QED) is 0.487. The Morgan fingerprint density at radius 3 is 2.71 bits per heavy atom. The molecular formula is C14H10ClN3O3. The molecule has 0 fully saturated rings. The number of hydrogen-bond donors (Lipinski definition) is 0. The fourth-order valence-corrected chi connectivity index (χ4v) is 2.03. The third-order valence-corrected chi connectivity index (χ3v) is 3.08. The smallest absolute Gasteiger partial charge is 0.349 e. The molecule has 7 heteroatoms. The van der Waals surface area contributed by atoms with Gasteiger partial charge in [-0.15, -0.1) is 0 Å². The van der Waals surface area contributed by atoms with Crippen LogP contribution in [0.15, 0.2) is 24.4 Å². The van der Waals surface area contributed by atoms with Crippen LogP contribution < -0.4 is 4.74 Å². The van der Waals surface area contributed by atoms with Crippen LogP contribution in [0.1, 0.15) is 16.7 Å². The lowest BCUT2D eigenvalue weighted by Gasteiger charge is -2.11. The van der Waals surface area contributed by atoms with Crippen molar-refractivity contribution in [3.05, 3.63) is 56.4 Å². The van der Waals surface area contributed by atoms with Crippen molar-refractivity contribution in [2.75, 3.05) is 0 Å².